The first-order valence-corrected chi connectivity index (χ1v) is 4.15. The van der Waals surface area contributed by atoms with E-state index in [4.69, 9.17) is 0 Å². The number of benzene rings is 1. The fourth-order valence-corrected chi connectivity index (χ4v) is 1.12. The maximum atomic E-state index is 11.0. The van der Waals surface area contributed by atoms with Crippen LogP contribution in [0, 0.1) is 17.0 Å². The lowest BCUT2D eigenvalue weighted by Crippen LogP contribution is -2.13. The minimum absolute atomic E-state index is 0.152. The van der Waals surface area contributed by atoms with Gasteiger partial charge in [-0.15, -0.1) is 0 Å². The SMILES string of the molecule is COC(=O)Nc1c(C)cccc1[N+](=O)[O-]. The Labute approximate surface area is 86.0 Å². The normalized spacial score (nSPS) is 9.47. The number of anilines is 1. The molecule has 0 radical (unpaired) electrons. The van der Waals surface area contributed by atoms with Gasteiger partial charge in [0, 0.05) is 6.07 Å². The maximum Gasteiger partial charge on any atom is 0.411 e. The third kappa shape index (κ3) is 2.43. The lowest BCUT2D eigenvalue weighted by atomic mass is 10.1. The van der Waals surface area contributed by atoms with Crippen molar-refractivity contribution in [3.8, 4) is 0 Å². The molecule has 0 spiro atoms. The first kappa shape index (κ1) is 11.0. The highest BCUT2D eigenvalue weighted by Crippen LogP contribution is 2.27. The van der Waals surface area contributed by atoms with Gasteiger partial charge in [-0.05, 0) is 12.5 Å². The second-order valence-corrected chi connectivity index (χ2v) is 2.84. The van der Waals surface area contributed by atoms with E-state index in [9.17, 15) is 14.9 Å². The third-order valence-corrected chi connectivity index (χ3v) is 1.86. The lowest BCUT2D eigenvalue weighted by molar-refractivity contribution is -0.384. The molecule has 0 heterocycles. The minimum Gasteiger partial charge on any atom is -0.453 e. The topological polar surface area (TPSA) is 81.5 Å². The summed E-state index contributed by atoms with van der Waals surface area (Å²) in [5.74, 6) is 0. The number of rotatable bonds is 2. The monoisotopic (exact) mass is 210 g/mol. The van der Waals surface area contributed by atoms with E-state index in [1.807, 2.05) is 0 Å². The van der Waals surface area contributed by atoms with Crippen LogP contribution in [0.4, 0.5) is 16.2 Å². The number of carbonyl (C=O) groups excluding carboxylic acids is 1. The lowest BCUT2D eigenvalue weighted by Gasteiger charge is -2.07. The summed E-state index contributed by atoms with van der Waals surface area (Å²) in [4.78, 5) is 21.1. The van der Waals surface area contributed by atoms with Gasteiger partial charge in [0.05, 0.1) is 12.0 Å². The average Bonchev–Trinajstić information content (AvgIpc) is 2.20. The molecule has 0 fully saturated rings. The van der Waals surface area contributed by atoms with E-state index in [2.05, 4.69) is 10.1 Å². The minimum atomic E-state index is -0.729. The molecule has 0 aliphatic heterocycles. The van der Waals surface area contributed by atoms with Crippen LogP contribution in [-0.4, -0.2) is 18.1 Å². The van der Waals surface area contributed by atoms with Gasteiger partial charge in [0.2, 0.25) is 0 Å². The van der Waals surface area contributed by atoms with Crippen molar-refractivity contribution < 1.29 is 14.5 Å². The van der Waals surface area contributed by atoms with Crippen LogP contribution in [0.2, 0.25) is 0 Å². The van der Waals surface area contributed by atoms with Crippen LogP contribution < -0.4 is 5.32 Å². The molecular formula is C9H10N2O4. The van der Waals surface area contributed by atoms with Crippen molar-refractivity contribution in [3.63, 3.8) is 0 Å². The van der Waals surface area contributed by atoms with Crippen LogP contribution in [-0.2, 0) is 4.74 Å². The van der Waals surface area contributed by atoms with Gasteiger partial charge in [0.1, 0.15) is 5.69 Å². The van der Waals surface area contributed by atoms with Gasteiger partial charge in [-0.3, -0.25) is 15.4 Å². The number of nitrogens with one attached hydrogen (secondary N) is 1. The summed E-state index contributed by atoms with van der Waals surface area (Å²) in [5, 5.41) is 13.0. The molecule has 1 aromatic carbocycles. The summed E-state index contributed by atoms with van der Waals surface area (Å²) < 4.78 is 4.37. The van der Waals surface area contributed by atoms with Crippen molar-refractivity contribution in [2.45, 2.75) is 6.92 Å². The van der Waals surface area contributed by atoms with E-state index >= 15 is 0 Å². The molecule has 0 bridgehead atoms. The summed E-state index contributed by atoms with van der Waals surface area (Å²) in [5.41, 5.74) is 0.615. The highest BCUT2D eigenvalue weighted by Gasteiger charge is 2.17. The number of para-hydroxylation sites is 1. The van der Waals surface area contributed by atoms with Crippen LogP contribution in [0.3, 0.4) is 0 Å². The molecule has 0 aromatic heterocycles. The average molecular weight is 210 g/mol. The van der Waals surface area contributed by atoms with Gasteiger partial charge < -0.3 is 4.74 Å². The zero-order valence-electron chi connectivity index (χ0n) is 8.31. The molecular weight excluding hydrogens is 200 g/mol. The molecule has 1 rings (SSSR count). The second kappa shape index (κ2) is 4.41. The number of nitro groups is 1. The van der Waals surface area contributed by atoms with Crippen LogP contribution >= 0.6 is 0 Å². The molecule has 6 nitrogen and oxygen atoms in total. The number of hydrogen-bond acceptors (Lipinski definition) is 4. The Bertz CT molecular complexity index is 403. The Morgan fingerprint density at radius 1 is 1.53 bits per heavy atom. The Kier molecular flexibility index (Phi) is 3.22. The van der Waals surface area contributed by atoms with E-state index in [-0.39, 0.29) is 11.4 Å². The highest BCUT2D eigenvalue weighted by molar-refractivity contribution is 5.89. The van der Waals surface area contributed by atoms with Gasteiger partial charge in [-0.1, -0.05) is 12.1 Å². The van der Waals surface area contributed by atoms with Crippen molar-refractivity contribution in [2.75, 3.05) is 12.4 Å². The molecule has 0 aliphatic carbocycles. The first-order chi connectivity index (χ1) is 7.06. The number of nitrogens with zero attached hydrogens (tertiary/aromatic N) is 1. The van der Waals surface area contributed by atoms with E-state index in [0.717, 1.165) is 0 Å². The largest absolute Gasteiger partial charge is 0.453 e. The second-order valence-electron chi connectivity index (χ2n) is 2.84. The molecule has 1 N–H and O–H groups in total. The number of carbonyl (C=O) groups is 1. The van der Waals surface area contributed by atoms with Crippen LogP contribution in [0.25, 0.3) is 0 Å². The van der Waals surface area contributed by atoms with Gasteiger partial charge in [0.15, 0.2) is 0 Å². The van der Waals surface area contributed by atoms with E-state index in [1.54, 1.807) is 19.1 Å². The molecule has 0 saturated heterocycles. The van der Waals surface area contributed by atoms with Crippen molar-refractivity contribution in [3.05, 3.63) is 33.9 Å². The Morgan fingerprint density at radius 2 is 2.20 bits per heavy atom. The van der Waals surface area contributed by atoms with E-state index in [1.165, 1.54) is 13.2 Å². The summed E-state index contributed by atoms with van der Waals surface area (Å²) in [7, 11) is 1.19. The van der Waals surface area contributed by atoms with Gasteiger partial charge in [-0.25, -0.2) is 4.79 Å². The Balaban J connectivity index is 3.13. The fourth-order valence-electron chi connectivity index (χ4n) is 1.12. The van der Waals surface area contributed by atoms with E-state index in [0.29, 0.717) is 5.56 Å². The van der Waals surface area contributed by atoms with Gasteiger partial charge >= 0.3 is 6.09 Å². The molecule has 15 heavy (non-hydrogen) atoms. The number of amides is 1. The number of aryl methyl sites for hydroxylation is 1. The predicted octanol–water partition coefficient (Wildman–Crippen LogP) is 2.08. The summed E-state index contributed by atoms with van der Waals surface area (Å²) in [6, 6.07) is 4.53. The van der Waals surface area contributed by atoms with Crippen molar-refractivity contribution >= 4 is 17.5 Å². The standard InChI is InChI=1S/C9H10N2O4/c1-6-4-3-5-7(11(13)14)8(6)10-9(12)15-2/h3-5H,1-2H3,(H,10,12). The number of ether oxygens (including phenoxy) is 1. The summed E-state index contributed by atoms with van der Waals surface area (Å²) >= 11 is 0. The quantitative estimate of drug-likeness (QED) is 0.598. The van der Waals surface area contributed by atoms with Gasteiger partial charge in [0.25, 0.3) is 5.69 Å². The smallest absolute Gasteiger partial charge is 0.411 e. The summed E-state index contributed by atoms with van der Waals surface area (Å²) in [6.07, 6.45) is -0.729. The van der Waals surface area contributed by atoms with Crippen molar-refractivity contribution in [1.29, 1.82) is 0 Å². The number of hydrogen-bond donors (Lipinski definition) is 1. The van der Waals surface area contributed by atoms with Crippen LogP contribution in [0.15, 0.2) is 18.2 Å². The molecule has 1 amide bonds. The Hall–Kier alpha value is -2.11. The number of nitro benzene ring substituents is 1. The molecule has 80 valence electrons. The predicted molar refractivity (Wildman–Crippen MR) is 53.9 cm³/mol. The van der Waals surface area contributed by atoms with Crippen molar-refractivity contribution in [1.82, 2.24) is 0 Å². The molecule has 0 atom stereocenters. The van der Waals surface area contributed by atoms with Crippen LogP contribution in [0.1, 0.15) is 5.56 Å². The first-order valence-electron chi connectivity index (χ1n) is 4.15. The molecule has 6 heteroatoms. The summed E-state index contributed by atoms with van der Waals surface area (Å²) in [6.45, 7) is 1.66. The molecule has 0 unspecified atom stereocenters. The van der Waals surface area contributed by atoms with Gasteiger partial charge in [-0.2, -0.15) is 0 Å². The zero-order valence-corrected chi connectivity index (χ0v) is 8.31. The fraction of sp³-hybridized carbons (Fsp3) is 0.222. The highest BCUT2D eigenvalue weighted by atomic mass is 16.6. The number of methoxy groups -OCH3 is 1. The maximum absolute atomic E-state index is 11.0. The molecule has 0 saturated carbocycles. The van der Waals surface area contributed by atoms with E-state index < -0.39 is 11.0 Å². The Morgan fingerprint density at radius 3 is 2.73 bits per heavy atom. The zero-order chi connectivity index (χ0) is 11.4. The molecule has 1 aromatic rings. The van der Waals surface area contributed by atoms with Crippen LogP contribution in [0.5, 0.6) is 0 Å². The van der Waals surface area contributed by atoms with Crippen molar-refractivity contribution in [2.24, 2.45) is 0 Å². The third-order valence-electron chi connectivity index (χ3n) is 1.86. The molecule has 0 aliphatic rings.